The summed E-state index contributed by atoms with van der Waals surface area (Å²) in [6, 6.07) is 5.18. The van der Waals surface area contributed by atoms with Crippen LogP contribution < -0.4 is 15.2 Å². The van der Waals surface area contributed by atoms with Crippen LogP contribution in [0.1, 0.15) is 11.6 Å². The highest BCUT2D eigenvalue weighted by atomic mass is 16.7. The number of likely N-dealkylation sites (N-methyl/N-ethyl adjacent to an activating group) is 1. The van der Waals surface area contributed by atoms with Crippen LogP contribution in [0, 0.1) is 0 Å². The Hall–Kier alpha value is -1.79. The number of carbonyl (C=O) groups excluding carboxylic acids is 1. The highest BCUT2D eigenvalue weighted by Crippen LogP contribution is 2.35. The number of rotatable bonds is 3. The van der Waals surface area contributed by atoms with Crippen LogP contribution >= 0.6 is 0 Å². The first-order valence-corrected chi connectivity index (χ1v) is 6.76. The molecule has 6 nitrogen and oxygen atoms in total. The molecule has 1 atom stereocenters. The minimum atomic E-state index is -0.404. The number of nitrogens with two attached hydrogens (primary N) is 1. The van der Waals surface area contributed by atoms with Crippen LogP contribution in [0.3, 0.4) is 0 Å². The lowest BCUT2D eigenvalue weighted by molar-refractivity contribution is -0.124. The van der Waals surface area contributed by atoms with Gasteiger partial charge in [0.15, 0.2) is 11.5 Å². The number of fused-ring (bicyclic) bond motifs is 1. The van der Waals surface area contributed by atoms with Crippen molar-refractivity contribution in [3.63, 3.8) is 0 Å². The summed E-state index contributed by atoms with van der Waals surface area (Å²) in [5, 5.41) is 0. The summed E-state index contributed by atoms with van der Waals surface area (Å²) < 4.78 is 10.7. The molecule has 1 aromatic rings. The van der Waals surface area contributed by atoms with Gasteiger partial charge in [-0.05, 0) is 24.7 Å². The van der Waals surface area contributed by atoms with E-state index in [2.05, 4.69) is 16.8 Å². The van der Waals surface area contributed by atoms with Gasteiger partial charge in [0.1, 0.15) is 6.04 Å². The molecule has 108 valence electrons. The quantitative estimate of drug-likeness (QED) is 0.854. The Labute approximate surface area is 118 Å². The molecule has 1 unspecified atom stereocenters. The van der Waals surface area contributed by atoms with Crippen LogP contribution in [0.15, 0.2) is 18.2 Å². The van der Waals surface area contributed by atoms with Crippen LogP contribution in [-0.4, -0.2) is 55.7 Å². The normalized spacial score (nSPS) is 20.9. The average Bonchev–Trinajstić information content (AvgIpc) is 2.88. The van der Waals surface area contributed by atoms with Gasteiger partial charge in [0.2, 0.25) is 12.7 Å². The highest BCUT2D eigenvalue weighted by Gasteiger charge is 2.29. The third-order valence-electron chi connectivity index (χ3n) is 3.88. The fourth-order valence-corrected chi connectivity index (χ4v) is 2.72. The number of ether oxygens (including phenoxy) is 2. The van der Waals surface area contributed by atoms with Crippen molar-refractivity contribution in [2.24, 2.45) is 5.73 Å². The van der Waals surface area contributed by atoms with Crippen molar-refractivity contribution < 1.29 is 14.3 Å². The molecule has 20 heavy (non-hydrogen) atoms. The lowest BCUT2D eigenvalue weighted by Gasteiger charge is -2.36. The molecule has 1 amide bonds. The second kappa shape index (κ2) is 5.30. The molecule has 0 spiro atoms. The van der Waals surface area contributed by atoms with Crippen LogP contribution in [0.4, 0.5) is 0 Å². The molecule has 1 fully saturated rings. The van der Waals surface area contributed by atoms with Gasteiger partial charge >= 0.3 is 0 Å². The number of nitrogens with zero attached hydrogens (tertiary/aromatic N) is 2. The van der Waals surface area contributed by atoms with Gasteiger partial charge < -0.3 is 20.1 Å². The van der Waals surface area contributed by atoms with Gasteiger partial charge in [0.25, 0.3) is 0 Å². The third kappa shape index (κ3) is 2.44. The Kier molecular flexibility index (Phi) is 3.50. The number of primary amides is 1. The van der Waals surface area contributed by atoms with Crippen LogP contribution in [-0.2, 0) is 4.79 Å². The Bertz CT molecular complexity index is 512. The van der Waals surface area contributed by atoms with E-state index in [-0.39, 0.29) is 12.7 Å². The van der Waals surface area contributed by atoms with E-state index in [1.165, 1.54) is 0 Å². The molecule has 1 saturated heterocycles. The maximum absolute atomic E-state index is 11.9. The zero-order chi connectivity index (χ0) is 14.1. The lowest BCUT2D eigenvalue weighted by Crippen LogP contribution is -2.49. The summed E-state index contributed by atoms with van der Waals surface area (Å²) >= 11 is 0. The molecule has 2 N–H and O–H groups in total. The molecule has 2 heterocycles. The van der Waals surface area contributed by atoms with Gasteiger partial charge in [0.05, 0.1) is 0 Å². The zero-order valence-corrected chi connectivity index (χ0v) is 11.5. The maximum Gasteiger partial charge on any atom is 0.239 e. The van der Waals surface area contributed by atoms with Gasteiger partial charge in [-0.2, -0.15) is 0 Å². The topological polar surface area (TPSA) is 68.0 Å². The summed E-state index contributed by atoms with van der Waals surface area (Å²) in [5.74, 6) is 1.08. The standard InChI is InChI=1S/C14H19N3O3/c1-16-4-6-17(7-5-16)13(14(15)18)10-2-3-11-12(8-10)20-9-19-11/h2-3,8,13H,4-7,9H2,1H3,(H2,15,18). The monoisotopic (exact) mass is 277 g/mol. The largest absolute Gasteiger partial charge is 0.454 e. The Morgan fingerprint density at radius 1 is 1.20 bits per heavy atom. The highest BCUT2D eigenvalue weighted by molar-refractivity contribution is 5.81. The minimum absolute atomic E-state index is 0.231. The van der Waals surface area contributed by atoms with Crippen molar-refractivity contribution in [3.8, 4) is 11.5 Å². The SMILES string of the molecule is CN1CCN(C(C(N)=O)c2ccc3c(c2)OCO3)CC1. The number of piperazine rings is 1. The Morgan fingerprint density at radius 3 is 2.60 bits per heavy atom. The van der Waals surface area contributed by atoms with Gasteiger partial charge in [0, 0.05) is 26.2 Å². The first kappa shape index (κ1) is 13.2. The molecule has 3 rings (SSSR count). The molecule has 0 aromatic heterocycles. The smallest absolute Gasteiger partial charge is 0.239 e. The predicted molar refractivity (Wildman–Crippen MR) is 73.6 cm³/mol. The number of benzene rings is 1. The van der Waals surface area contributed by atoms with E-state index < -0.39 is 6.04 Å². The van der Waals surface area contributed by atoms with Crippen LogP contribution in [0.25, 0.3) is 0 Å². The van der Waals surface area contributed by atoms with Gasteiger partial charge in [-0.15, -0.1) is 0 Å². The van der Waals surface area contributed by atoms with Crippen LogP contribution in [0.2, 0.25) is 0 Å². The molecule has 2 aliphatic rings. The third-order valence-corrected chi connectivity index (χ3v) is 3.88. The second-order valence-corrected chi connectivity index (χ2v) is 5.26. The number of carbonyl (C=O) groups is 1. The van der Waals surface area contributed by atoms with Gasteiger partial charge in [-0.1, -0.05) is 6.07 Å². The number of amides is 1. The number of hydrogen-bond donors (Lipinski definition) is 1. The first-order valence-electron chi connectivity index (χ1n) is 6.76. The van der Waals surface area contributed by atoms with Crippen LogP contribution in [0.5, 0.6) is 11.5 Å². The van der Waals surface area contributed by atoms with E-state index in [4.69, 9.17) is 15.2 Å². The lowest BCUT2D eigenvalue weighted by atomic mass is 10.0. The van der Waals surface area contributed by atoms with E-state index in [9.17, 15) is 4.79 Å². The summed E-state index contributed by atoms with van der Waals surface area (Å²) in [6.07, 6.45) is 0. The molecule has 2 aliphatic heterocycles. The maximum atomic E-state index is 11.9. The summed E-state index contributed by atoms with van der Waals surface area (Å²) in [6.45, 7) is 3.77. The molecular formula is C14H19N3O3. The van der Waals surface area contributed by atoms with Gasteiger partial charge in [-0.3, -0.25) is 9.69 Å². The molecule has 0 radical (unpaired) electrons. The van der Waals surface area contributed by atoms with Crippen molar-refractivity contribution >= 4 is 5.91 Å². The second-order valence-electron chi connectivity index (χ2n) is 5.26. The first-order chi connectivity index (χ1) is 9.65. The Balaban J connectivity index is 1.85. The van der Waals surface area contributed by atoms with Crippen molar-refractivity contribution in [2.45, 2.75) is 6.04 Å². The van der Waals surface area contributed by atoms with E-state index in [0.29, 0.717) is 5.75 Å². The zero-order valence-electron chi connectivity index (χ0n) is 11.5. The van der Waals surface area contributed by atoms with E-state index in [1.54, 1.807) is 0 Å². The Morgan fingerprint density at radius 2 is 1.90 bits per heavy atom. The molecular weight excluding hydrogens is 258 g/mol. The van der Waals surface area contributed by atoms with Crippen molar-refractivity contribution in [1.82, 2.24) is 9.80 Å². The molecule has 0 aliphatic carbocycles. The van der Waals surface area contributed by atoms with Crippen molar-refractivity contribution in [1.29, 1.82) is 0 Å². The predicted octanol–water partition coefficient (Wildman–Crippen LogP) is 0.189. The van der Waals surface area contributed by atoms with E-state index >= 15 is 0 Å². The molecule has 0 saturated carbocycles. The molecule has 0 bridgehead atoms. The minimum Gasteiger partial charge on any atom is -0.454 e. The van der Waals surface area contributed by atoms with E-state index in [0.717, 1.165) is 37.5 Å². The fourth-order valence-electron chi connectivity index (χ4n) is 2.72. The summed E-state index contributed by atoms with van der Waals surface area (Å²) in [4.78, 5) is 16.2. The molecule has 1 aromatic carbocycles. The fraction of sp³-hybridized carbons (Fsp3) is 0.500. The van der Waals surface area contributed by atoms with Crippen molar-refractivity contribution in [3.05, 3.63) is 23.8 Å². The van der Waals surface area contributed by atoms with Gasteiger partial charge in [-0.25, -0.2) is 0 Å². The molecule has 6 heteroatoms. The average molecular weight is 277 g/mol. The van der Waals surface area contributed by atoms with Crippen molar-refractivity contribution in [2.75, 3.05) is 40.0 Å². The number of hydrogen-bond acceptors (Lipinski definition) is 5. The summed E-state index contributed by atoms with van der Waals surface area (Å²) in [5.41, 5.74) is 6.48. The van der Waals surface area contributed by atoms with E-state index in [1.807, 2.05) is 18.2 Å². The summed E-state index contributed by atoms with van der Waals surface area (Å²) in [7, 11) is 2.08.